The molecule has 2 amide bonds. The number of hydrogen-bond acceptors (Lipinski definition) is 4. The highest BCUT2D eigenvalue weighted by atomic mass is 32.2. The second-order valence-electron chi connectivity index (χ2n) is 6.94. The van der Waals surface area contributed by atoms with Crippen molar-refractivity contribution >= 4 is 35.0 Å². The van der Waals surface area contributed by atoms with Gasteiger partial charge in [-0.2, -0.15) is 0 Å². The van der Waals surface area contributed by atoms with Gasteiger partial charge >= 0.3 is 0 Å². The summed E-state index contributed by atoms with van der Waals surface area (Å²) in [5, 5.41) is 5.68. The smallest absolute Gasteiger partial charge is 0.255 e. The van der Waals surface area contributed by atoms with E-state index < -0.39 is 0 Å². The standard InChI is InChI=1S/C21H26N2O3S/c1-5-26-18-12-10-17(11-13-18)23-20(25)15-6-8-16(9-7-15)22-19(24)14-27-21(2,3)4/h6-13H,5,14H2,1-4H3,(H,22,24)(H,23,25). The highest BCUT2D eigenvalue weighted by molar-refractivity contribution is 8.01. The van der Waals surface area contributed by atoms with Crippen molar-refractivity contribution in [3.63, 3.8) is 0 Å². The lowest BCUT2D eigenvalue weighted by molar-refractivity contribution is -0.113. The normalized spacial score (nSPS) is 11.0. The molecule has 2 aromatic carbocycles. The monoisotopic (exact) mass is 386 g/mol. The molecule has 0 saturated heterocycles. The average molecular weight is 387 g/mol. The Morgan fingerprint density at radius 1 is 0.926 bits per heavy atom. The number of nitrogens with one attached hydrogen (secondary N) is 2. The third-order valence-electron chi connectivity index (χ3n) is 3.49. The van der Waals surface area contributed by atoms with Gasteiger partial charge in [-0.05, 0) is 55.5 Å². The van der Waals surface area contributed by atoms with Gasteiger partial charge in [-0.15, -0.1) is 11.8 Å². The molecule has 0 aliphatic rings. The summed E-state index contributed by atoms with van der Waals surface area (Å²) in [6.07, 6.45) is 0. The molecule has 0 aliphatic carbocycles. The van der Waals surface area contributed by atoms with Crippen molar-refractivity contribution in [1.82, 2.24) is 0 Å². The van der Waals surface area contributed by atoms with Crippen LogP contribution in [0.25, 0.3) is 0 Å². The van der Waals surface area contributed by atoms with E-state index in [1.54, 1.807) is 48.2 Å². The topological polar surface area (TPSA) is 67.4 Å². The number of ether oxygens (including phenoxy) is 1. The van der Waals surface area contributed by atoms with Crippen LogP contribution in [0.2, 0.25) is 0 Å². The highest BCUT2D eigenvalue weighted by Crippen LogP contribution is 2.23. The Labute approximate surface area is 164 Å². The third-order valence-corrected chi connectivity index (χ3v) is 4.76. The molecule has 0 bridgehead atoms. The van der Waals surface area contributed by atoms with Gasteiger partial charge in [0.1, 0.15) is 5.75 Å². The number of carbonyl (C=O) groups is 2. The first-order chi connectivity index (χ1) is 12.8. The molecule has 6 heteroatoms. The lowest BCUT2D eigenvalue weighted by atomic mass is 10.2. The third kappa shape index (κ3) is 7.35. The van der Waals surface area contributed by atoms with Crippen LogP contribution in [0.3, 0.4) is 0 Å². The molecule has 0 atom stereocenters. The molecule has 0 aliphatic heterocycles. The van der Waals surface area contributed by atoms with E-state index in [1.165, 1.54) is 0 Å². The van der Waals surface area contributed by atoms with Crippen LogP contribution in [0.1, 0.15) is 38.1 Å². The van der Waals surface area contributed by atoms with Crippen molar-refractivity contribution in [1.29, 1.82) is 0 Å². The zero-order valence-corrected chi connectivity index (χ0v) is 17.0. The number of carbonyl (C=O) groups excluding carboxylic acids is 2. The summed E-state index contributed by atoms with van der Waals surface area (Å²) in [5.41, 5.74) is 1.89. The highest BCUT2D eigenvalue weighted by Gasteiger charge is 2.13. The van der Waals surface area contributed by atoms with E-state index >= 15 is 0 Å². The van der Waals surface area contributed by atoms with Crippen molar-refractivity contribution in [2.45, 2.75) is 32.4 Å². The van der Waals surface area contributed by atoms with E-state index in [4.69, 9.17) is 4.74 Å². The number of thioether (sulfide) groups is 1. The van der Waals surface area contributed by atoms with E-state index in [-0.39, 0.29) is 16.6 Å². The summed E-state index contributed by atoms with van der Waals surface area (Å²) in [6, 6.07) is 14.1. The quantitative estimate of drug-likeness (QED) is 0.717. The zero-order chi connectivity index (χ0) is 19.9. The van der Waals surface area contributed by atoms with Crippen molar-refractivity contribution in [3.8, 4) is 5.75 Å². The minimum Gasteiger partial charge on any atom is -0.494 e. The Morgan fingerprint density at radius 3 is 2.04 bits per heavy atom. The maximum absolute atomic E-state index is 12.3. The van der Waals surface area contributed by atoms with E-state index in [9.17, 15) is 9.59 Å². The summed E-state index contributed by atoms with van der Waals surface area (Å²) in [4.78, 5) is 24.3. The minimum atomic E-state index is -0.208. The Kier molecular flexibility index (Phi) is 7.30. The molecule has 2 aromatic rings. The molecule has 5 nitrogen and oxygen atoms in total. The fourth-order valence-corrected chi connectivity index (χ4v) is 2.82. The fourth-order valence-electron chi connectivity index (χ4n) is 2.19. The van der Waals surface area contributed by atoms with E-state index in [0.717, 1.165) is 5.75 Å². The molecule has 0 unspecified atom stereocenters. The molecule has 2 N–H and O–H groups in total. The molecule has 0 aromatic heterocycles. The van der Waals surface area contributed by atoms with Crippen LogP contribution in [-0.4, -0.2) is 28.9 Å². The first-order valence-corrected chi connectivity index (χ1v) is 9.83. The summed E-state index contributed by atoms with van der Waals surface area (Å²) in [5.74, 6) is 0.894. The van der Waals surface area contributed by atoms with Crippen LogP contribution in [0, 0.1) is 0 Å². The van der Waals surface area contributed by atoms with Crippen molar-refractivity contribution in [3.05, 3.63) is 54.1 Å². The van der Waals surface area contributed by atoms with Gasteiger partial charge in [0, 0.05) is 21.7 Å². The molecular weight excluding hydrogens is 360 g/mol. The number of anilines is 2. The maximum Gasteiger partial charge on any atom is 0.255 e. The molecule has 0 spiro atoms. The molecule has 0 saturated carbocycles. The second-order valence-corrected chi connectivity index (χ2v) is 8.74. The summed E-state index contributed by atoms with van der Waals surface area (Å²) < 4.78 is 5.42. The van der Waals surface area contributed by atoms with Crippen molar-refractivity contribution < 1.29 is 14.3 Å². The van der Waals surface area contributed by atoms with Crippen LogP contribution in [0.15, 0.2) is 48.5 Å². The van der Waals surface area contributed by atoms with Gasteiger partial charge in [0.05, 0.1) is 12.4 Å². The van der Waals surface area contributed by atoms with Crippen molar-refractivity contribution in [2.75, 3.05) is 23.0 Å². The maximum atomic E-state index is 12.3. The molecule has 144 valence electrons. The molecule has 0 radical (unpaired) electrons. The van der Waals surface area contributed by atoms with Crippen LogP contribution in [0.5, 0.6) is 5.75 Å². The summed E-state index contributed by atoms with van der Waals surface area (Å²) in [7, 11) is 0. The second kappa shape index (κ2) is 9.46. The van der Waals surface area contributed by atoms with Gasteiger partial charge in [0.2, 0.25) is 5.91 Å². The van der Waals surface area contributed by atoms with Gasteiger partial charge in [0.15, 0.2) is 0 Å². The first-order valence-electron chi connectivity index (χ1n) is 8.85. The molecule has 0 heterocycles. The Bertz CT molecular complexity index is 766. The average Bonchev–Trinajstić information content (AvgIpc) is 2.62. The lowest BCUT2D eigenvalue weighted by Crippen LogP contribution is -2.19. The van der Waals surface area contributed by atoms with E-state index in [2.05, 4.69) is 31.4 Å². The molecule has 2 rings (SSSR count). The van der Waals surface area contributed by atoms with Crippen LogP contribution >= 0.6 is 11.8 Å². The SMILES string of the molecule is CCOc1ccc(NC(=O)c2ccc(NC(=O)CSC(C)(C)C)cc2)cc1. The lowest BCUT2D eigenvalue weighted by Gasteiger charge is -2.17. The Morgan fingerprint density at radius 2 is 1.48 bits per heavy atom. The van der Waals surface area contributed by atoms with E-state index in [1.807, 2.05) is 19.1 Å². The van der Waals surface area contributed by atoms with Crippen LogP contribution < -0.4 is 15.4 Å². The Balaban J connectivity index is 1.90. The van der Waals surface area contributed by atoms with Crippen molar-refractivity contribution in [2.24, 2.45) is 0 Å². The first kappa shape index (κ1) is 20.8. The van der Waals surface area contributed by atoms with Gasteiger partial charge in [-0.25, -0.2) is 0 Å². The van der Waals surface area contributed by atoms with Gasteiger partial charge < -0.3 is 15.4 Å². The number of hydrogen-bond donors (Lipinski definition) is 2. The van der Waals surface area contributed by atoms with Crippen LogP contribution in [0.4, 0.5) is 11.4 Å². The number of amides is 2. The summed E-state index contributed by atoms with van der Waals surface area (Å²) >= 11 is 1.59. The fraction of sp³-hybridized carbons (Fsp3) is 0.333. The van der Waals surface area contributed by atoms with Gasteiger partial charge in [0.25, 0.3) is 5.91 Å². The number of rotatable bonds is 7. The van der Waals surface area contributed by atoms with E-state index in [0.29, 0.717) is 29.3 Å². The van der Waals surface area contributed by atoms with Gasteiger partial charge in [-0.1, -0.05) is 20.8 Å². The largest absolute Gasteiger partial charge is 0.494 e. The zero-order valence-electron chi connectivity index (χ0n) is 16.2. The Hall–Kier alpha value is -2.47. The molecule has 0 fully saturated rings. The molecular formula is C21H26N2O3S. The van der Waals surface area contributed by atoms with Crippen LogP contribution in [-0.2, 0) is 4.79 Å². The predicted molar refractivity (Wildman–Crippen MR) is 113 cm³/mol. The number of benzene rings is 2. The van der Waals surface area contributed by atoms with Gasteiger partial charge in [-0.3, -0.25) is 9.59 Å². The predicted octanol–water partition coefficient (Wildman–Crippen LogP) is 4.81. The molecule has 27 heavy (non-hydrogen) atoms. The minimum absolute atomic E-state index is 0.0418. The summed E-state index contributed by atoms with van der Waals surface area (Å²) in [6.45, 7) is 8.74.